The maximum absolute atomic E-state index is 15.0. The van der Waals surface area contributed by atoms with Gasteiger partial charge >= 0.3 is 0 Å². The van der Waals surface area contributed by atoms with Crippen molar-refractivity contribution in [1.29, 1.82) is 0 Å². The Balaban J connectivity index is 1.90. The van der Waals surface area contributed by atoms with Crippen molar-refractivity contribution < 1.29 is 4.39 Å². The second kappa shape index (κ2) is 5.16. The van der Waals surface area contributed by atoms with Gasteiger partial charge in [-0.2, -0.15) is 0 Å². The molecule has 7 heteroatoms. The van der Waals surface area contributed by atoms with Crippen molar-refractivity contribution in [3.05, 3.63) is 54.2 Å². The summed E-state index contributed by atoms with van der Waals surface area (Å²) >= 11 is 0. The number of hydrogen-bond donors (Lipinski definition) is 2. The van der Waals surface area contributed by atoms with Crippen LogP contribution in [0.3, 0.4) is 0 Å². The summed E-state index contributed by atoms with van der Waals surface area (Å²) in [6, 6.07) is 8.56. The van der Waals surface area contributed by atoms with Gasteiger partial charge in [-0.1, -0.05) is 12.1 Å². The second-order valence-electron chi connectivity index (χ2n) is 5.67. The molecule has 1 atom stereocenters. The Bertz CT molecular complexity index is 1070. The van der Waals surface area contributed by atoms with Gasteiger partial charge in [-0.15, -0.1) is 0 Å². The summed E-state index contributed by atoms with van der Waals surface area (Å²) in [5.74, 6) is 0.314. The molecule has 0 aliphatic heterocycles. The molecular weight excluding hydrogens is 307 g/mol. The molecule has 4 aromatic rings. The maximum Gasteiger partial charge on any atom is 0.154 e. The summed E-state index contributed by atoms with van der Waals surface area (Å²) in [6.45, 7) is 1.90. The zero-order valence-corrected chi connectivity index (χ0v) is 12.9. The van der Waals surface area contributed by atoms with E-state index in [0.29, 0.717) is 22.4 Å². The van der Waals surface area contributed by atoms with Crippen molar-refractivity contribution in [2.24, 2.45) is 0 Å². The molecule has 0 amide bonds. The van der Waals surface area contributed by atoms with E-state index in [2.05, 4.69) is 15.0 Å². The fourth-order valence-corrected chi connectivity index (χ4v) is 2.96. The zero-order chi connectivity index (χ0) is 16.8. The normalized spacial score (nSPS) is 12.8. The number of hydrogen-bond acceptors (Lipinski definition) is 5. The van der Waals surface area contributed by atoms with Crippen molar-refractivity contribution in [1.82, 2.24) is 19.5 Å². The Morgan fingerprint density at radius 3 is 2.71 bits per heavy atom. The van der Waals surface area contributed by atoms with Crippen LogP contribution < -0.4 is 11.5 Å². The average molecular weight is 322 g/mol. The van der Waals surface area contributed by atoms with Crippen LogP contribution in [0, 0.1) is 5.82 Å². The van der Waals surface area contributed by atoms with E-state index in [1.165, 1.54) is 6.33 Å². The first-order valence-electron chi connectivity index (χ1n) is 7.48. The van der Waals surface area contributed by atoms with Crippen molar-refractivity contribution >= 4 is 33.6 Å². The lowest BCUT2D eigenvalue weighted by atomic mass is 10.0. The number of aromatic nitrogens is 4. The topological polar surface area (TPSA) is 95.6 Å². The van der Waals surface area contributed by atoms with Crippen LogP contribution >= 0.6 is 0 Å². The van der Waals surface area contributed by atoms with Gasteiger partial charge in [0.25, 0.3) is 0 Å². The van der Waals surface area contributed by atoms with Gasteiger partial charge in [-0.3, -0.25) is 0 Å². The van der Waals surface area contributed by atoms with Crippen LogP contribution in [0.1, 0.15) is 18.5 Å². The molecule has 24 heavy (non-hydrogen) atoms. The fourth-order valence-electron chi connectivity index (χ4n) is 2.96. The van der Waals surface area contributed by atoms with Crippen LogP contribution in [0.25, 0.3) is 21.9 Å². The Kier molecular flexibility index (Phi) is 3.09. The summed E-state index contributed by atoms with van der Waals surface area (Å²) in [5.41, 5.74) is 13.0. The lowest BCUT2D eigenvalue weighted by Gasteiger charge is -2.17. The van der Waals surface area contributed by atoms with E-state index in [9.17, 15) is 4.39 Å². The van der Waals surface area contributed by atoms with Gasteiger partial charge in [0.15, 0.2) is 5.82 Å². The van der Waals surface area contributed by atoms with Gasteiger partial charge in [0, 0.05) is 17.1 Å². The van der Waals surface area contributed by atoms with Crippen molar-refractivity contribution in [2.45, 2.75) is 13.0 Å². The summed E-state index contributed by atoms with van der Waals surface area (Å²) in [4.78, 5) is 12.4. The van der Waals surface area contributed by atoms with Crippen molar-refractivity contribution in [3.8, 4) is 0 Å². The predicted molar refractivity (Wildman–Crippen MR) is 91.9 cm³/mol. The van der Waals surface area contributed by atoms with Gasteiger partial charge in [0.2, 0.25) is 0 Å². The van der Waals surface area contributed by atoms with Crippen molar-refractivity contribution in [3.63, 3.8) is 0 Å². The molecule has 120 valence electrons. The van der Waals surface area contributed by atoms with E-state index >= 15 is 0 Å². The number of anilines is 2. The minimum Gasteiger partial charge on any atom is -0.384 e. The molecule has 0 aliphatic rings. The number of halogens is 1. The first kappa shape index (κ1) is 14.4. The van der Waals surface area contributed by atoms with Crippen LogP contribution in [0.5, 0.6) is 0 Å². The Morgan fingerprint density at radius 1 is 1.08 bits per heavy atom. The molecule has 4 rings (SSSR count). The number of nitrogens with zero attached hydrogens (tertiary/aromatic N) is 4. The van der Waals surface area contributed by atoms with Gasteiger partial charge in [0.1, 0.15) is 29.1 Å². The SMILES string of the molecule is CC(c1ccc2ccc(N)nc2c1F)n1ccc2c(N)ncnc21. The molecule has 0 bridgehead atoms. The fraction of sp³-hybridized carbons (Fsp3) is 0.118. The first-order valence-corrected chi connectivity index (χ1v) is 7.48. The third-order valence-corrected chi connectivity index (χ3v) is 4.26. The zero-order valence-electron chi connectivity index (χ0n) is 12.9. The summed E-state index contributed by atoms with van der Waals surface area (Å²) in [5, 5.41) is 1.45. The van der Waals surface area contributed by atoms with Gasteiger partial charge in [-0.05, 0) is 25.1 Å². The molecule has 0 saturated carbocycles. The molecule has 0 saturated heterocycles. The molecule has 1 unspecified atom stereocenters. The van der Waals surface area contributed by atoms with E-state index in [1.807, 2.05) is 29.8 Å². The summed E-state index contributed by atoms with van der Waals surface area (Å²) in [6.07, 6.45) is 3.23. The highest BCUT2D eigenvalue weighted by molar-refractivity contribution is 5.86. The Hall–Kier alpha value is -3.22. The van der Waals surface area contributed by atoms with Crippen molar-refractivity contribution in [2.75, 3.05) is 11.5 Å². The molecule has 0 fully saturated rings. The number of nitrogens with two attached hydrogens (primary N) is 2. The Morgan fingerprint density at radius 2 is 1.88 bits per heavy atom. The smallest absolute Gasteiger partial charge is 0.154 e. The van der Waals surface area contributed by atoms with Gasteiger partial charge < -0.3 is 16.0 Å². The maximum atomic E-state index is 15.0. The molecule has 0 spiro atoms. The minimum atomic E-state index is -0.379. The second-order valence-corrected chi connectivity index (χ2v) is 5.67. The molecule has 3 heterocycles. The number of benzene rings is 1. The largest absolute Gasteiger partial charge is 0.384 e. The van der Waals surface area contributed by atoms with Crippen LogP contribution in [-0.2, 0) is 0 Å². The highest BCUT2D eigenvalue weighted by atomic mass is 19.1. The molecule has 6 nitrogen and oxygen atoms in total. The molecule has 4 N–H and O–H groups in total. The molecule has 3 aromatic heterocycles. The highest BCUT2D eigenvalue weighted by Gasteiger charge is 2.18. The lowest BCUT2D eigenvalue weighted by molar-refractivity contribution is 0.570. The lowest BCUT2D eigenvalue weighted by Crippen LogP contribution is -2.09. The number of nitrogen functional groups attached to an aromatic ring is 2. The Labute approximate surface area is 137 Å². The number of pyridine rings is 1. The molecule has 0 radical (unpaired) electrons. The molecular formula is C17H15FN6. The standard InChI is InChI=1S/C17H15FN6/c1-9(24-7-6-12-16(20)21-8-22-17(12)24)11-4-2-10-3-5-13(19)23-15(10)14(11)18/h2-9H,1H3,(H2,19,23)(H2,20,21,22). The monoisotopic (exact) mass is 322 g/mol. The van der Waals surface area contributed by atoms with Crippen LogP contribution in [-0.4, -0.2) is 19.5 Å². The van der Waals surface area contributed by atoms with Crippen LogP contribution in [0.2, 0.25) is 0 Å². The quantitative estimate of drug-likeness (QED) is 0.591. The average Bonchev–Trinajstić information content (AvgIpc) is 3.01. The van der Waals surface area contributed by atoms with E-state index < -0.39 is 0 Å². The summed E-state index contributed by atoms with van der Waals surface area (Å²) in [7, 11) is 0. The highest BCUT2D eigenvalue weighted by Crippen LogP contribution is 2.30. The minimum absolute atomic E-state index is 0.268. The molecule has 0 aliphatic carbocycles. The van der Waals surface area contributed by atoms with E-state index in [4.69, 9.17) is 11.5 Å². The summed E-state index contributed by atoms with van der Waals surface area (Å²) < 4.78 is 16.8. The number of fused-ring (bicyclic) bond motifs is 2. The third kappa shape index (κ3) is 2.05. The predicted octanol–water partition coefficient (Wildman–Crippen LogP) is 2.89. The first-order chi connectivity index (χ1) is 11.6. The van der Waals surface area contributed by atoms with Gasteiger partial charge in [-0.25, -0.2) is 19.3 Å². The van der Waals surface area contributed by atoms with Crippen LogP contribution in [0.15, 0.2) is 42.9 Å². The van der Waals surface area contributed by atoms with E-state index in [0.717, 1.165) is 5.39 Å². The third-order valence-electron chi connectivity index (χ3n) is 4.26. The van der Waals surface area contributed by atoms with Gasteiger partial charge in [0.05, 0.1) is 11.4 Å². The number of rotatable bonds is 2. The van der Waals surface area contributed by atoms with E-state index in [-0.39, 0.29) is 23.2 Å². The van der Waals surface area contributed by atoms with Crippen LogP contribution in [0.4, 0.5) is 16.0 Å². The van der Waals surface area contributed by atoms with E-state index in [1.54, 1.807) is 18.2 Å². The molecule has 1 aromatic carbocycles.